The van der Waals surface area contributed by atoms with Gasteiger partial charge in [-0.2, -0.15) is 5.26 Å². The van der Waals surface area contributed by atoms with Crippen molar-refractivity contribution in [3.05, 3.63) is 24.3 Å². The van der Waals surface area contributed by atoms with Crippen LogP contribution in [-0.4, -0.2) is 26.8 Å². The molecule has 0 aliphatic rings. The topological polar surface area (TPSA) is 64.5 Å². The number of H-pyrrole nitrogens is 1. The Hall–Kier alpha value is -1.51. The molecule has 0 saturated carbocycles. The summed E-state index contributed by atoms with van der Waals surface area (Å²) in [6, 6.07) is 10.7. The second-order valence-corrected chi connectivity index (χ2v) is 7.36. The fourth-order valence-corrected chi connectivity index (χ4v) is 3.68. The van der Waals surface area contributed by atoms with Gasteiger partial charge in [-0.1, -0.05) is 30.8 Å². The molecule has 0 fully saturated rings. The highest BCUT2D eigenvalue weighted by Crippen LogP contribution is 2.28. The van der Waals surface area contributed by atoms with E-state index >= 15 is 0 Å². The van der Waals surface area contributed by atoms with Crippen LogP contribution >= 0.6 is 11.8 Å². The third-order valence-corrected chi connectivity index (χ3v) is 4.22. The van der Waals surface area contributed by atoms with Crippen molar-refractivity contribution in [1.29, 1.82) is 5.26 Å². The molecule has 0 spiro atoms. The van der Waals surface area contributed by atoms with E-state index in [4.69, 9.17) is 0 Å². The number of hydrogen-bond donors (Lipinski definition) is 2. The molecule has 1 aromatic carbocycles. The third kappa shape index (κ3) is 4.23. The molecule has 21 heavy (non-hydrogen) atoms. The Bertz CT molecular complexity index is 610. The van der Waals surface area contributed by atoms with E-state index < -0.39 is 5.54 Å². The Kier molecular flexibility index (Phi) is 4.92. The monoisotopic (exact) mass is 302 g/mol. The van der Waals surface area contributed by atoms with E-state index in [0.717, 1.165) is 22.6 Å². The Balaban J connectivity index is 2.03. The van der Waals surface area contributed by atoms with Gasteiger partial charge in [0, 0.05) is 11.3 Å². The first-order valence-electron chi connectivity index (χ1n) is 7.22. The molecule has 0 radical (unpaired) electrons. The van der Waals surface area contributed by atoms with Gasteiger partial charge < -0.3 is 4.98 Å². The van der Waals surface area contributed by atoms with Gasteiger partial charge in [-0.05, 0) is 39.3 Å². The maximum absolute atomic E-state index is 9.42. The zero-order valence-electron chi connectivity index (χ0n) is 13.0. The summed E-state index contributed by atoms with van der Waals surface area (Å²) in [5.74, 6) is 0. The lowest BCUT2D eigenvalue weighted by atomic mass is 9.97. The molecule has 1 aromatic heterocycles. The summed E-state index contributed by atoms with van der Waals surface area (Å²) < 4.78 is 0. The maximum Gasteiger partial charge on any atom is 0.166 e. The number of para-hydroxylation sites is 2. The van der Waals surface area contributed by atoms with E-state index in [2.05, 4.69) is 42.1 Å². The predicted octanol–water partition coefficient (Wildman–Crippen LogP) is 3.71. The normalized spacial score (nSPS) is 15.8. The summed E-state index contributed by atoms with van der Waals surface area (Å²) in [4.78, 5) is 7.89. The van der Waals surface area contributed by atoms with Crippen LogP contribution in [0, 0.1) is 11.3 Å². The highest BCUT2D eigenvalue weighted by atomic mass is 32.2. The van der Waals surface area contributed by atoms with Crippen LogP contribution in [0.15, 0.2) is 29.4 Å². The number of benzene rings is 1. The summed E-state index contributed by atoms with van der Waals surface area (Å²) in [5.41, 5.74) is 1.53. The van der Waals surface area contributed by atoms with Crippen LogP contribution in [0.4, 0.5) is 0 Å². The van der Waals surface area contributed by atoms with Crippen molar-refractivity contribution < 1.29 is 0 Å². The van der Waals surface area contributed by atoms with Gasteiger partial charge in [0.1, 0.15) is 5.54 Å². The number of thioether (sulfide) groups is 1. The van der Waals surface area contributed by atoms with E-state index in [-0.39, 0.29) is 6.04 Å². The lowest BCUT2D eigenvalue weighted by Crippen LogP contribution is -2.46. The Morgan fingerprint density at radius 3 is 2.71 bits per heavy atom. The number of nitriles is 1. The molecule has 2 atom stereocenters. The van der Waals surface area contributed by atoms with Crippen LogP contribution in [0.25, 0.3) is 11.0 Å². The zero-order chi connectivity index (χ0) is 15.5. The molecule has 2 unspecified atom stereocenters. The molecule has 0 aliphatic carbocycles. The van der Waals surface area contributed by atoms with Gasteiger partial charge >= 0.3 is 0 Å². The molecule has 1 heterocycles. The lowest BCUT2D eigenvalue weighted by molar-refractivity contribution is 0.382. The number of aromatic nitrogens is 2. The summed E-state index contributed by atoms with van der Waals surface area (Å²) in [6.07, 6.45) is 0.767. The molecular formula is C16H22N4S. The number of aromatic amines is 1. The number of rotatable bonds is 6. The summed E-state index contributed by atoms with van der Waals surface area (Å²) >= 11 is 1.68. The third-order valence-electron chi connectivity index (χ3n) is 3.23. The van der Waals surface area contributed by atoms with E-state index in [9.17, 15) is 5.26 Å². The molecule has 5 heteroatoms. The minimum absolute atomic E-state index is 0.290. The van der Waals surface area contributed by atoms with Crippen molar-refractivity contribution in [2.24, 2.45) is 0 Å². The molecule has 0 bridgehead atoms. The number of hydrogen-bond acceptors (Lipinski definition) is 4. The van der Waals surface area contributed by atoms with Crippen LogP contribution in [0.3, 0.4) is 0 Å². The minimum atomic E-state index is -0.507. The van der Waals surface area contributed by atoms with Crippen LogP contribution in [0.1, 0.15) is 34.1 Å². The molecular weight excluding hydrogens is 280 g/mol. The van der Waals surface area contributed by atoms with Crippen LogP contribution in [-0.2, 0) is 0 Å². The van der Waals surface area contributed by atoms with Crippen LogP contribution in [0.5, 0.6) is 0 Å². The van der Waals surface area contributed by atoms with Gasteiger partial charge in [-0.3, -0.25) is 5.32 Å². The number of fused-ring (bicyclic) bond motifs is 1. The minimum Gasteiger partial charge on any atom is -0.333 e. The van der Waals surface area contributed by atoms with E-state index in [1.54, 1.807) is 11.8 Å². The van der Waals surface area contributed by atoms with Crippen molar-refractivity contribution >= 4 is 22.8 Å². The van der Waals surface area contributed by atoms with Gasteiger partial charge in [0.05, 0.1) is 17.1 Å². The molecule has 4 nitrogen and oxygen atoms in total. The van der Waals surface area contributed by atoms with Gasteiger partial charge in [0.2, 0.25) is 0 Å². The first-order valence-corrected chi connectivity index (χ1v) is 8.10. The van der Waals surface area contributed by atoms with Gasteiger partial charge in [-0.15, -0.1) is 0 Å². The van der Waals surface area contributed by atoms with Crippen LogP contribution < -0.4 is 5.32 Å². The van der Waals surface area contributed by atoms with Gasteiger partial charge in [0.15, 0.2) is 5.16 Å². The molecule has 0 saturated heterocycles. The Labute approximate surface area is 130 Å². The van der Waals surface area contributed by atoms with Crippen LogP contribution in [0.2, 0.25) is 0 Å². The molecule has 0 amide bonds. The first kappa shape index (κ1) is 15.9. The number of imidazole rings is 1. The molecule has 2 rings (SSSR count). The maximum atomic E-state index is 9.42. The van der Waals surface area contributed by atoms with E-state index in [1.807, 2.05) is 31.2 Å². The van der Waals surface area contributed by atoms with Crippen molar-refractivity contribution in [3.8, 4) is 6.07 Å². The fraction of sp³-hybridized carbons (Fsp3) is 0.500. The van der Waals surface area contributed by atoms with Gasteiger partial charge in [-0.25, -0.2) is 4.98 Å². The standard InChI is InChI=1S/C16H22N4S/c1-11(2)20-16(4,10-17)9-12(3)21-15-18-13-7-5-6-8-14(13)19-15/h5-8,11-12,20H,9H2,1-4H3,(H,18,19). The fourth-order valence-electron chi connectivity index (χ4n) is 2.57. The quantitative estimate of drug-likeness (QED) is 0.798. The molecule has 0 aliphatic heterocycles. The van der Waals surface area contributed by atoms with E-state index in [0.29, 0.717) is 5.25 Å². The van der Waals surface area contributed by atoms with Gasteiger partial charge in [0.25, 0.3) is 0 Å². The Morgan fingerprint density at radius 1 is 1.38 bits per heavy atom. The largest absolute Gasteiger partial charge is 0.333 e. The number of nitrogens with zero attached hydrogens (tertiary/aromatic N) is 2. The highest BCUT2D eigenvalue weighted by molar-refractivity contribution is 7.99. The summed E-state index contributed by atoms with van der Waals surface area (Å²) in [7, 11) is 0. The molecule has 112 valence electrons. The predicted molar refractivity (Wildman–Crippen MR) is 88.3 cm³/mol. The second kappa shape index (κ2) is 6.50. The summed E-state index contributed by atoms with van der Waals surface area (Å²) in [6.45, 7) is 8.22. The second-order valence-electron chi connectivity index (χ2n) is 5.93. The number of nitrogens with one attached hydrogen (secondary N) is 2. The summed E-state index contributed by atoms with van der Waals surface area (Å²) in [5, 5.41) is 14.0. The zero-order valence-corrected chi connectivity index (χ0v) is 13.8. The first-order chi connectivity index (χ1) is 9.92. The van der Waals surface area contributed by atoms with Crippen molar-refractivity contribution in [3.63, 3.8) is 0 Å². The Morgan fingerprint density at radius 2 is 2.10 bits per heavy atom. The lowest BCUT2D eigenvalue weighted by Gasteiger charge is -2.28. The molecule has 2 aromatic rings. The van der Waals surface area contributed by atoms with Crippen molar-refractivity contribution in [2.75, 3.05) is 0 Å². The van der Waals surface area contributed by atoms with Crippen molar-refractivity contribution in [2.45, 2.75) is 56.1 Å². The van der Waals surface area contributed by atoms with E-state index in [1.165, 1.54) is 0 Å². The SMILES string of the molecule is CC(C)NC(C)(C#N)CC(C)Sc1nc2ccccc2[nH]1. The average Bonchev–Trinajstić information content (AvgIpc) is 2.79. The highest BCUT2D eigenvalue weighted by Gasteiger charge is 2.27. The molecule has 2 N–H and O–H groups in total. The average molecular weight is 302 g/mol. The van der Waals surface area contributed by atoms with Crippen molar-refractivity contribution in [1.82, 2.24) is 15.3 Å². The smallest absolute Gasteiger partial charge is 0.166 e.